The van der Waals surface area contributed by atoms with Gasteiger partial charge in [0.05, 0.1) is 6.61 Å². The van der Waals surface area contributed by atoms with Crippen molar-refractivity contribution in [3.05, 3.63) is 5.82 Å². The molecule has 0 amide bonds. The second-order valence-electron chi connectivity index (χ2n) is 2.30. The van der Waals surface area contributed by atoms with Crippen LogP contribution >= 0.6 is 0 Å². The minimum atomic E-state index is 0.240. The number of aromatic nitrogens is 2. The van der Waals surface area contributed by atoms with E-state index < -0.39 is 0 Å². The van der Waals surface area contributed by atoms with Crippen LogP contribution in [0.4, 0.5) is 0 Å². The van der Waals surface area contributed by atoms with Gasteiger partial charge in [-0.3, -0.25) is 4.52 Å². The van der Waals surface area contributed by atoms with Crippen LogP contribution < -0.4 is 10.5 Å². The molecule has 0 aliphatic rings. The Morgan fingerprint density at radius 3 is 3.08 bits per heavy atom. The van der Waals surface area contributed by atoms with Crippen LogP contribution in [0.15, 0.2) is 4.52 Å². The first-order valence-electron chi connectivity index (χ1n) is 4.02. The van der Waals surface area contributed by atoms with Gasteiger partial charge >= 0.3 is 6.08 Å². The molecule has 0 aliphatic carbocycles. The monoisotopic (exact) mass is 171 g/mol. The molecule has 0 radical (unpaired) electrons. The third-order valence-electron chi connectivity index (χ3n) is 1.32. The maximum Gasteiger partial charge on any atom is 0.417 e. The summed E-state index contributed by atoms with van der Waals surface area (Å²) in [6.07, 6.45) is 1.85. The van der Waals surface area contributed by atoms with Crippen LogP contribution in [-0.2, 0) is 6.42 Å². The predicted molar refractivity (Wildman–Crippen MR) is 42.8 cm³/mol. The van der Waals surface area contributed by atoms with Crippen LogP contribution in [-0.4, -0.2) is 23.3 Å². The van der Waals surface area contributed by atoms with Crippen molar-refractivity contribution in [3.63, 3.8) is 0 Å². The number of hydrogen-bond acceptors (Lipinski definition) is 5. The fourth-order valence-electron chi connectivity index (χ4n) is 0.782. The molecule has 5 nitrogen and oxygen atoms in total. The largest absolute Gasteiger partial charge is 0.449 e. The molecule has 1 rings (SSSR count). The maximum atomic E-state index is 5.32. The second-order valence-corrected chi connectivity index (χ2v) is 2.30. The SMILES string of the molecule is CCOc1nc(CCCN)no1. The molecule has 2 N–H and O–H groups in total. The average Bonchev–Trinajstić information content (AvgIpc) is 2.50. The Labute approximate surface area is 70.9 Å². The fourth-order valence-corrected chi connectivity index (χ4v) is 0.782. The van der Waals surface area contributed by atoms with Crippen molar-refractivity contribution in [2.75, 3.05) is 13.2 Å². The molecule has 0 aromatic carbocycles. The predicted octanol–water partition coefficient (Wildman–Crippen LogP) is 0.360. The summed E-state index contributed by atoms with van der Waals surface area (Å²) in [5.41, 5.74) is 5.32. The molecule has 5 heteroatoms. The van der Waals surface area contributed by atoms with Crippen molar-refractivity contribution in [1.82, 2.24) is 10.1 Å². The van der Waals surface area contributed by atoms with Gasteiger partial charge in [-0.05, 0) is 19.9 Å². The van der Waals surface area contributed by atoms with E-state index in [1.807, 2.05) is 6.92 Å². The number of aryl methyl sites for hydroxylation is 1. The Kier molecular flexibility index (Phi) is 3.53. The van der Waals surface area contributed by atoms with Crippen molar-refractivity contribution in [2.45, 2.75) is 19.8 Å². The van der Waals surface area contributed by atoms with E-state index in [2.05, 4.69) is 10.1 Å². The highest BCUT2D eigenvalue weighted by Gasteiger charge is 2.04. The van der Waals surface area contributed by atoms with Crippen LogP contribution in [0.1, 0.15) is 19.2 Å². The summed E-state index contributed by atoms with van der Waals surface area (Å²) in [7, 11) is 0. The van der Waals surface area contributed by atoms with Gasteiger partial charge in [0.2, 0.25) is 0 Å². The van der Waals surface area contributed by atoms with Gasteiger partial charge in [0.15, 0.2) is 5.82 Å². The quantitative estimate of drug-likeness (QED) is 0.692. The normalized spacial score (nSPS) is 10.2. The molecule has 1 aromatic heterocycles. The molecule has 0 aliphatic heterocycles. The third-order valence-corrected chi connectivity index (χ3v) is 1.32. The van der Waals surface area contributed by atoms with Crippen molar-refractivity contribution in [2.24, 2.45) is 5.73 Å². The van der Waals surface area contributed by atoms with Gasteiger partial charge in [0.1, 0.15) is 0 Å². The fraction of sp³-hybridized carbons (Fsp3) is 0.714. The van der Waals surface area contributed by atoms with Crippen LogP contribution in [0.25, 0.3) is 0 Å². The molecule has 0 fully saturated rings. The summed E-state index contributed by atoms with van der Waals surface area (Å²) in [5.74, 6) is 0.656. The first-order chi connectivity index (χ1) is 5.86. The lowest BCUT2D eigenvalue weighted by Gasteiger charge is -1.90. The standard InChI is InChI=1S/C7H13N3O2/c1-2-11-7-9-6(10-12-7)4-3-5-8/h2-5,8H2,1H3. The number of nitrogens with zero attached hydrogens (tertiary/aromatic N) is 2. The molecule has 1 heterocycles. The minimum Gasteiger partial charge on any atom is -0.449 e. The summed E-state index contributed by atoms with van der Waals surface area (Å²) in [6, 6.07) is 0. The van der Waals surface area contributed by atoms with Gasteiger partial charge < -0.3 is 10.5 Å². The van der Waals surface area contributed by atoms with Crippen molar-refractivity contribution < 1.29 is 9.26 Å². The number of hydrogen-bond donors (Lipinski definition) is 1. The summed E-state index contributed by atoms with van der Waals surface area (Å²) in [4.78, 5) is 3.98. The summed E-state index contributed by atoms with van der Waals surface area (Å²) in [6.45, 7) is 3.04. The van der Waals surface area contributed by atoms with E-state index in [1.165, 1.54) is 0 Å². The van der Waals surface area contributed by atoms with Gasteiger partial charge in [0, 0.05) is 6.42 Å². The van der Waals surface area contributed by atoms with E-state index >= 15 is 0 Å². The summed E-state index contributed by atoms with van der Waals surface area (Å²) >= 11 is 0. The highest BCUT2D eigenvalue weighted by molar-refractivity contribution is 4.90. The van der Waals surface area contributed by atoms with E-state index in [0.717, 1.165) is 12.8 Å². The molecule has 0 saturated heterocycles. The summed E-state index contributed by atoms with van der Waals surface area (Å²) < 4.78 is 9.77. The summed E-state index contributed by atoms with van der Waals surface area (Å²) in [5, 5.41) is 3.71. The molecule has 12 heavy (non-hydrogen) atoms. The van der Waals surface area contributed by atoms with Crippen LogP contribution in [0.3, 0.4) is 0 Å². The topological polar surface area (TPSA) is 74.2 Å². The molecular formula is C7H13N3O2. The minimum absolute atomic E-state index is 0.240. The van der Waals surface area contributed by atoms with Gasteiger partial charge in [-0.25, -0.2) is 0 Å². The third kappa shape index (κ3) is 2.50. The molecule has 1 aromatic rings. The van der Waals surface area contributed by atoms with Crippen molar-refractivity contribution in [3.8, 4) is 6.08 Å². The zero-order valence-electron chi connectivity index (χ0n) is 7.12. The van der Waals surface area contributed by atoms with Crippen LogP contribution in [0.2, 0.25) is 0 Å². The lowest BCUT2D eigenvalue weighted by molar-refractivity contribution is 0.215. The Bertz CT molecular complexity index is 224. The van der Waals surface area contributed by atoms with Crippen molar-refractivity contribution in [1.29, 1.82) is 0 Å². The Morgan fingerprint density at radius 2 is 2.42 bits per heavy atom. The van der Waals surface area contributed by atoms with E-state index in [-0.39, 0.29) is 6.08 Å². The highest BCUT2D eigenvalue weighted by Crippen LogP contribution is 2.06. The van der Waals surface area contributed by atoms with Crippen molar-refractivity contribution >= 4 is 0 Å². The smallest absolute Gasteiger partial charge is 0.417 e. The average molecular weight is 171 g/mol. The molecular weight excluding hydrogens is 158 g/mol. The van der Waals surface area contributed by atoms with Gasteiger partial charge in [0.25, 0.3) is 0 Å². The molecule has 0 unspecified atom stereocenters. The van der Waals surface area contributed by atoms with E-state index in [4.69, 9.17) is 15.0 Å². The van der Waals surface area contributed by atoms with Gasteiger partial charge in [-0.1, -0.05) is 5.16 Å². The Hall–Kier alpha value is -1.10. The van der Waals surface area contributed by atoms with Gasteiger partial charge in [-0.15, -0.1) is 0 Å². The van der Waals surface area contributed by atoms with E-state index in [9.17, 15) is 0 Å². The molecule has 0 saturated carbocycles. The second kappa shape index (κ2) is 4.71. The van der Waals surface area contributed by atoms with E-state index in [0.29, 0.717) is 19.0 Å². The Morgan fingerprint density at radius 1 is 1.58 bits per heavy atom. The highest BCUT2D eigenvalue weighted by atomic mass is 16.6. The zero-order chi connectivity index (χ0) is 8.81. The number of rotatable bonds is 5. The first-order valence-corrected chi connectivity index (χ1v) is 4.02. The molecule has 0 bridgehead atoms. The number of nitrogens with two attached hydrogens (primary N) is 1. The number of ether oxygens (including phenoxy) is 1. The first kappa shape index (κ1) is 8.99. The molecule has 0 spiro atoms. The van der Waals surface area contributed by atoms with E-state index in [1.54, 1.807) is 0 Å². The Balaban J connectivity index is 2.41. The van der Waals surface area contributed by atoms with Gasteiger partial charge in [-0.2, -0.15) is 4.98 Å². The van der Waals surface area contributed by atoms with Crippen LogP contribution in [0.5, 0.6) is 6.08 Å². The lowest BCUT2D eigenvalue weighted by Crippen LogP contribution is -2.01. The lowest BCUT2D eigenvalue weighted by atomic mass is 10.3. The molecule has 68 valence electrons. The zero-order valence-corrected chi connectivity index (χ0v) is 7.12. The molecule has 0 atom stereocenters. The maximum absolute atomic E-state index is 5.32. The van der Waals surface area contributed by atoms with Crippen LogP contribution in [0, 0.1) is 0 Å².